The number of benzene rings is 2. The van der Waals surface area contributed by atoms with Crippen molar-refractivity contribution in [1.29, 1.82) is 0 Å². The lowest BCUT2D eigenvalue weighted by Crippen LogP contribution is -2.15. The fraction of sp³-hybridized carbons (Fsp3) is 0.333. The van der Waals surface area contributed by atoms with Crippen LogP contribution in [0.25, 0.3) is 0 Å². The third kappa shape index (κ3) is 4.29. The molecule has 0 amide bonds. The molecule has 0 aromatic heterocycles. The minimum atomic E-state index is 0.291. The van der Waals surface area contributed by atoms with Crippen LogP contribution in [0.3, 0.4) is 0 Å². The highest BCUT2D eigenvalue weighted by molar-refractivity contribution is 7.56. The van der Waals surface area contributed by atoms with E-state index in [1.54, 1.807) is 7.11 Å². The summed E-state index contributed by atoms with van der Waals surface area (Å²) in [5, 5.41) is 2.72. The molecule has 118 valence electrons. The highest BCUT2D eigenvalue weighted by Crippen LogP contribution is 2.27. The molecule has 2 aromatic rings. The number of rotatable bonds is 7. The van der Waals surface area contributed by atoms with Gasteiger partial charge in [-0.2, -0.15) is 0 Å². The van der Waals surface area contributed by atoms with Gasteiger partial charge in [0.15, 0.2) is 6.79 Å². The van der Waals surface area contributed by atoms with Crippen LogP contribution >= 0.6 is 17.2 Å². The Kier molecular flexibility index (Phi) is 6.83. The van der Waals surface area contributed by atoms with Crippen LogP contribution in [0.2, 0.25) is 0 Å². The molecule has 0 spiro atoms. The van der Waals surface area contributed by atoms with E-state index < -0.39 is 0 Å². The second kappa shape index (κ2) is 8.63. The minimum Gasteiger partial charge on any atom is -0.467 e. The van der Waals surface area contributed by atoms with Crippen molar-refractivity contribution < 1.29 is 9.47 Å². The average molecular weight is 334 g/mol. The van der Waals surface area contributed by atoms with Crippen molar-refractivity contribution in [2.45, 2.75) is 20.0 Å². The molecule has 0 saturated carbocycles. The number of hydrogen-bond donors (Lipinski definition) is 0. The molecule has 0 heterocycles. The molecule has 22 heavy (non-hydrogen) atoms. The third-order valence-corrected chi connectivity index (χ3v) is 5.88. The van der Waals surface area contributed by atoms with Gasteiger partial charge >= 0.3 is 0 Å². The lowest BCUT2D eigenvalue weighted by Gasteiger charge is -2.17. The normalized spacial score (nSPS) is 11.8. The Bertz CT molecular complexity index is 626. The summed E-state index contributed by atoms with van der Waals surface area (Å²) in [7, 11) is 3.21. The number of methoxy groups -OCH3 is 1. The fourth-order valence-corrected chi connectivity index (χ4v) is 4.74. The summed E-state index contributed by atoms with van der Waals surface area (Å²) < 4.78 is 10.9. The highest BCUT2D eigenvalue weighted by Gasteiger charge is 2.12. The molecule has 0 aliphatic heterocycles. The van der Waals surface area contributed by atoms with E-state index in [1.807, 2.05) is 0 Å². The van der Waals surface area contributed by atoms with Gasteiger partial charge in [0.1, 0.15) is 5.75 Å². The largest absolute Gasteiger partial charge is 0.467 e. The lowest BCUT2D eigenvalue weighted by molar-refractivity contribution is 0.0514. The predicted molar refractivity (Wildman–Crippen MR) is 100 cm³/mol. The predicted octanol–water partition coefficient (Wildman–Crippen LogP) is 3.72. The zero-order chi connectivity index (χ0) is 15.9. The fourth-order valence-electron chi connectivity index (χ4n) is 2.44. The summed E-state index contributed by atoms with van der Waals surface area (Å²) >= 11 is 0. The second-order valence-corrected chi connectivity index (χ2v) is 7.62. The number of aryl methyl sites for hydroxylation is 2. The Hall–Kier alpha value is -0.940. The van der Waals surface area contributed by atoms with E-state index in [-0.39, 0.29) is 0 Å². The van der Waals surface area contributed by atoms with Gasteiger partial charge in [0.05, 0.1) is 0 Å². The van der Waals surface area contributed by atoms with Crippen molar-refractivity contribution in [3.63, 3.8) is 0 Å². The average Bonchev–Trinajstić information content (AvgIpc) is 2.50. The van der Waals surface area contributed by atoms with Gasteiger partial charge in [-0.05, 0) is 48.7 Å². The molecule has 0 fully saturated rings. The molecule has 2 aromatic carbocycles. The first-order valence-electron chi connectivity index (χ1n) is 7.38. The van der Waals surface area contributed by atoms with Crippen molar-refractivity contribution in [3.05, 3.63) is 53.1 Å². The Labute approximate surface area is 137 Å². The molecule has 0 N–H and O–H groups in total. The molecule has 0 radical (unpaired) electrons. The minimum absolute atomic E-state index is 0.291. The van der Waals surface area contributed by atoms with Crippen molar-refractivity contribution in [2.24, 2.45) is 0 Å². The molecule has 2 nitrogen and oxygen atoms in total. The maximum atomic E-state index is 5.82. The zero-order valence-electron chi connectivity index (χ0n) is 13.7. The molecule has 0 aliphatic carbocycles. The Morgan fingerprint density at radius 2 is 1.73 bits per heavy atom. The van der Waals surface area contributed by atoms with E-state index in [2.05, 4.69) is 56.9 Å². The van der Waals surface area contributed by atoms with Crippen molar-refractivity contribution in [1.82, 2.24) is 0 Å². The lowest BCUT2D eigenvalue weighted by atomic mass is 10.1. The van der Waals surface area contributed by atoms with Crippen molar-refractivity contribution in [2.75, 3.05) is 20.6 Å². The molecule has 2 unspecified atom stereocenters. The quantitative estimate of drug-likeness (QED) is 0.567. The maximum absolute atomic E-state index is 5.82. The van der Waals surface area contributed by atoms with Crippen LogP contribution in [0.15, 0.2) is 36.4 Å². The van der Waals surface area contributed by atoms with Crippen LogP contribution in [0.4, 0.5) is 0 Å². The molecular formula is C18H24O2P2. The molecule has 2 atom stereocenters. The third-order valence-electron chi connectivity index (χ3n) is 3.52. The van der Waals surface area contributed by atoms with Gasteiger partial charge in [-0.25, -0.2) is 0 Å². The summed E-state index contributed by atoms with van der Waals surface area (Å²) in [4.78, 5) is 0. The summed E-state index contributed by atoms with van der Waals surface area (Å²) in [6.45, 7) is 6.84. The zero-order valence-corrected chi connectivity index (χ0v) is 15.7. The van der Waals surface area contributed by atoms with Gasteiger partial charge in [0, 0.05) is 12.4 Å². The molecule has 0 aliphatic rings. The Morgan fingerprint density at radius 3 is 2.45 bits per heavy atom. The monoisotopic (exact) mass is 334 g/mol. The van der Waals surface area contributed by atoms with E-state index in [0.717, 1.165) is 26.1 Å². The van der Waals surface area contributed by atoms with Gasteiger partial charge in [-0.15, -0.1) is 8.58 Å². The Balaban J connectivity index is 2.37. The summed E-state index contributed by atoms with van der Waals surface area (Å²) in [6.07, 6.45) is 1.16. The van der Waals surface area contributed by atoms with Gasteiger partial charge < -0.3 is 9.47 Å². The summed E-state index contributed by atoms with van der Waals surface area (Å²) in [6, 6.07) is 13.0. The van der Waals surface area contributed by atoms with E-state index in [9.17, 15) is 0 Å². The van der Waals surface area contributed by atoms with Gasteiger partial charge in [-0.3, -0.25) is 0 Å². The first-order valence-corrected chi connectivity index (χ1v) is 10.1. The summed E-state index contributed by atoms with van der Waals surface area (Å²) in [5.74, 6) is 0.968. The molecule has 4 heteroatoms. The summed E-state index contributed by atoms with van der Waals surface area (Å²) in [5.41, 5.74) is 4.00. The van der Waals surface area contributed by atoms with Crippen LogP contribution in [-0.2, 0) is 10.9 Å². The highest BCUT2D eigenvalue weighted by atomic mass is 31.1. The number of para-hydroxylation sites is 1. The Morgan fingerprint density at radius 1 is 1.00 bits per heavy atom. The van der Waals surface area contributed by atoms with E-state index >= 15 is 0 Å². The molecule has 0 saturated heterocycles. The maximum Gasteiger partial charge on any atom is 0.188 e. The van der Waals surface area contributed by atoms with Crippen LogP contribution in [-0.4, -0.2) is 20.6 Å². The standard InChI is InChI=1S/C18H24O2P2/c1-13-7-6-10-16(17(13)20-12-19-3)22-18-14(2)8-5-9-15(18)11-21-4/h5-10,21-22H,11-12H2,1-4H3. The second-order valence-electron chi connectivity index (χ2n) is 5.27. The van der Waals surface area contributed by atoms with Crippen LogP contribution in [0.1, 0.15) is 16.7 Å². The first-order chi connectivity index (χ1) is 10.7. The van der Waals surface area contributed by atoms with Crippen LogP contribution in [0.5, 0.6) is 5.75 Å². The van der Waals surface area contributed by atoms with Crippen LogP contribution in [0, 0.1) is 13.8 Å². The van der Waals surface area contributed by atoms with Gasteiger partial charge in [0.2, 0.25) is 0 Å². The molecule has 2 rings (SSSR count). The van der Waals surface area contributed by atoms with E-state index in [1.165, 1.54) is 21.7 Å². The smallest absolute Gasteiger partial charge is 0.188 e. The first kappa shape index (κ1) is 17.4. The van der Waals surface area contributed by atoms with Gasteiger partial charge in [-0.1, -0.05) is 45.0 Å². The number of hydrogen-bond acceptors (Lipinski definition) is 2. The molecule has 0 bridgehead atoms. The van der Waals surface area contributed by atoms with Crippen molar-refractivity contribution in [3.8, 4) is 5.75 Å². The number of ether oxygens (including phenoxy) is 2. The van der Waals surface area contributed by atoms with E-state index in [4.69, 9.17) is 9.47 Å². The van der Waals surface area contributed by atoms with Crippen molar-refractivity contribution >= 4 is 27.8 Å². The SMILES string of the molecule is COCOc1c(C)cccc1Pc1c(C)cccc1CPC. The molecular weight excluding hydrogens is 310 g/mol. The topological polar surface area (TPSA) is 18.5 Å². The van der Waals surface area contributed by atoms with E-state index in [0.29, 0.717) is 15.4 Å². The van der Waals surface area contributed by atoms with Crippen LogP contribution < -0.4 is 15.3 Å². The van der Waals surface area contributed by atoms with Gasteiger partial charge in [0.25, 0.3) is 0 Å².